The molecule has 110 valence electrons. The van der Waals surface area contributed by atoms with Gasteiger partial charge in [0.05, 0.1) is 6.61 Å². The van der Waals surface area contributed by atoms with Crippen molar-refractivity contribution in [3.05, 3.63) is 64.1 Å². The van der Waals surface area contributed by atoms with Gasteiger partial charge >= 0.3 is 0 Å². The van der Waals surface area contributed by atoms with Gasteiger partial charge in [0.1, 0.15) is 0 Å². The molecule has 0 fully saturated rings. The summed E-state index contributed by atoms with van der Waals surface area (Å²) in [6.45, 7) is 0.648. The average molecular weight is 349 g/mol. The van der Waals surface area contributed by atoms with Crippen LogP contribution in [0.4, 0.5) is 5.69 Å². The van der Waals surface area contributed by atoms with Crippen LogP contribution in [0, 0.1) is 0 Å². The van der Waals surface area contributed by atoms with Crippen molar-refractivity contribution in [2.45, 2.75) is 6.54 Å². The van der Waals surface area contributed by atoms with Gasteiger partial charge in [-0.15, -0.1) is 0 Å². The quantitative estimate of drug-likeness (QED) is 0.816. The van der Waals surface area contributed by atoms with E-state index in [9.17, 15) is 9.90 Å². The van der Waals surface area contributed by atoms with E-state index in [1.54, 1.807) is 23.1 Å². The minimum absolute atomic E-state index is 0.0813. The Morgan fingerprint density at radius 3 is 2.52 bits per heavy atom. The van der Waals surface area contributed by atoms with Gasteiger partial charge in [0.15, 0.2) is 0 Å². The lowest BCUT2D eigenvalue weighted by molar-refractivity contribution is 0.0708. The van der Waals surface area contributed by atoms with Crippen molar-refractivity contribution in [3.8, 4) is 0 Å². The van der Waals surface area contributed by atoms with Crippen LogP contribution in [0.15, 0.2) is 53.0 Å². The number of hydrogen-bond donors (Lipinski definition) is 2. The number of benzene rings is 2. The van der Waals surface area contributed by atoms with Crippen LogP contribution in [0.1, 0.15) is 15.9 Å². The second kappa shape index (κ2) is 7.24. The Morgan fingerprint density at radius 1 is 1.19 bits per heavy atom. The fourth-order valence-corrected chi connectivity index (χ4v) is 2.61. The van der Waals surface area contributed by atoms with E-state index in [0.29, 0.717) is 17.8 Å². The predicted molar refractivity (Wildman–Crippen MR) is 86.8 cm³/mol. The van der Waals surface area contributed by atoms with E-state index >= 15 is 0 Å². The summed E-state index contributed by atoms with van der Waals surface area (Å²) >= 11 is 3.34. The topological polar surface area (TPSA) is 66.6 Å². The van der Waals surface area contributed by atoms with Crippen LogP contribution in [-0.4, -0.2) is 29.1 Å². The van der Waals surface area contributed by atoms with Crippen molar-refractivity contribution in [2.75, 3.05) is 18.9 Å². The number of carbonyl (C=O) groups excluding carboxylic acids is 1. The van der Waals surface area contributed by atoms with E-state index in [2.05, 4.69) is 15.9 Å². The molecule has 0 aromatic heterocycles. The molecule has 0 heterocycles. The van der Waals surface area contributed by atoms with Crippen LogP contribution < -0.4 is 5.73 Å². The third-order valence-corrected chi connectivity index (χ3v) is 3.50. The largest absolute Gasteiger partial charge is 0.399 e. The van der Waals surface area contributed by atoms with E-state index < -0.39 is 0 Å². The molecule has 0 bridgehead atoms. The Labute approximate surface area is 132 Å². The van der Waals surface area contributed by atoms with Crippen LogP contribution >= 0.6 is 15.9 Å². The lowest BCUT2D eigenvalue weighted by atomic mass is 10.1. The zero-order valence-electron chi connectivity index (χ0n) is 11.5. The highest BCUT2D eigenvalue weighted by molar-refractivity contribution is 9.10. The Balaban J connectivity index is 2.22. The SMILES string of the molecule is Nc1cc(Br)cc(C(=O)N(CCO)Cc2ccccc2)c1. The number of anilines is 1. The summed E-state index contributed by atoms with van der Waals surface area (Å²) in [5.74, 6) is -0.152. The first-order valence-electron chi connectivity index (χ1n) is 6.60. The van der Waals surface area contributed by atoms with Crippen LogP contribution in [0.2, 0.25) is 0 Å². The average Bonchev–Trinajstić information content (AvgIpc) is 2.46. The number of hydrogen-bond acceptors (Lipinski definition) is 3. The smallest absolute Gasteiger partial charge is 0.254 e. The normalized spacial score (nSPS) is 10.4. The molecule has 0 saturated carbocycles. The van der Waals surface area contributed by atoms with Crippen molar-refractivity contribution in [2.24, 2.45) is 0 Å². The third kappa shape index (κ3) is 4.31. The zero-order valence-corrected chi connectivity index (χ0v) is 13.1. The van der Waals surface area contributed by atoms with E-state index in [-0.39, 0.29) is 19.1 Å². The molecule has 3 N–H and O–H groups in total. The van der Waals surface area contributed by atoms with Gasteiger partial charge in [-0.05, 0) is 23.8 Å². The molecule has 4 nitrogen and oxygen atoms in total. The standard InChI is InChI=1S/C16H17BrN2O2/c17-14-8-13(9-15(18)10-14)16(21)19(6-7-20)11-12-4-2-1-3-5-12/h1-5,8-10,20H,6-7,11,18H2. The maximum absolute atomic E-state index is 12.6. The highest BCUT2D eigenvalue weighted by Gasteiger charge is 2.16. The molecule has 5 heteroatoms. The maximum Gasteiger partial charge on any atom is 0.254 e. The summed E-state index contributed by atoms with van der Waals surface area (Å²) in [4.78, 5) is 14.2. The number of amides is 1. The molecular weight excluding hydrogens is 332 g/mol. The summed E-state index contributed by atoms with van der Waals surface area (Å²) in [7, 11) is 0. The van der Waals surface area contributed by atoms with Crippen molar-refractivity contribution in [3.63, 3.8) is 0 Å². The number of aliphatic hydroxyl groups excluding tert-OH is 1. The van der Waals surface area contributed by atoms with E-state index in [0.717, 1.165) is 10.0 Å². The fourth-order valence-electron chi connectivity index (χ4n) is 2.10. The van der Waals surface area contributed by atoms with Gasteiger partial charge in [-0.1, -0.05) is 46.3 Å². The van der Waals surface area contributed by atoms with Gasteiger partial charge in [-0.3, -0.25) is 4.79 Å². The summed E-state index contributed by atoms with van der Waals surface area (Å²) < 4.78 is 0.759. The second-order valence-electron chi connectivity index (χ2n) is 4.71. The number of halogens is 1. The van der Waals surface area contributed by atoms with E-state index in [1.807, 2.05) is 30.3 Å². The number of carbonyl (C=O) groups is 1. The summed E-state index contributed by atoms with van der Waals surface area (Å²) in [5.41, 5.74) is 7.82. The summed E-state index contributed by atoms with van der Waals surface area (Å²) in [6.07, 6.45) is 0. The molecule has 0 spiro atoms. The van der Waals surface area contributed by atoms with Gasteiger partial charge in [-0.2, -0.15) is 0 Å². The monoisotopic (exact) mass is 348 g/mol. The lowest BCUT2D eigenvalue weighted by Gasteiger charge is -2.22. The number of rotatable bonds is 5. The number of nitrogen functional groups attached to an aromatic ring is 1. The summed E-state index contributed by atoms with van der Waals surface area (Å²) in [6, 6.07) is 14.8. The highest BCUT2D eigenvalue weighted by Crippen LogP contribution is 2.19. The van der Waals surface area contributed by atoms with Gasteiger partial charge in [0.2, 0.25) is 0 Å². The van der Waals surface area contributed by atoms with Crippen molar-refractivity contribution < 1.29 is 9.90 Å². The Morgan fingerprint density at radius 2 is 1.90 bits per heavy atom. The molecule has 2 aromatic rings. The molecule has 0 saturated heterocycles. The van der Waals surface area contributed by atoms with Crippen molar-refractivity contribution in [1.29, 1.82) is 0 Å². The highest BCUT2D eigenvalue weighted by atomic mass is 79.9. The third-order valence-electron chi connectivity index (χ3n) is 3.04. The molecule has 0 unspecified atom stereocenters. The van der Waals surface area contributed by atoms with Gasteiger partial charge in [0.25, 0.3) is 5.91 Å². The molecule has 2 rings (SSSR count). The zero-order chi connectivity index (χ0) is 15.2. The van der Waals surface area contributed by atoms with Crippen LogP contribution in [-0.2, 0) is 6.54 Å². The lowest BCUT2D eigenvalue weighted by Crippen LogP contribution is -2.33. The van der Waals surface area contributed by atoms with Gasteiger partial charge in [-0.25, -0.2) is 0 Å². The molecule has 0 atom stereocenters. The molecule has 2 aromatic carbocycles. The molecular formula is C16H17BrN2O2. The van der Waals surface area contributed by atoms with Crippen LogP contribution in [0.5, 0.6) is 0 Å². The number of aliphatic hydroxyl groups is 1. The van der Waals surface area contributed by atoms with Crippen LogP contribution in [0.25, 0.3) is 0 Å². The number of nitrogens with zero attached hydrogens (tertiary/aromatic N) is 1. The molecule has 21 heavy (non-hydrogen) atoms. The maximum atomic E-state index is 12.6. The Kier molecular flexibility index (Phi) is 5.36. The first kappa shape index (κ1) is 15.5. The molecule has 0 radical (unpaired) electrons. The Hall–Kier alpha value is -1.85. The van der Waals surface area contributed by atoms with Crippen molar-refractivity contribution >= 4 is 27.5 Å². The minimum Gasteiger partial charge on any atom is -0.399 e. The summed E-state index contributed by atoms with van der Waals surface area (Å²) in [5, 5.41) is 9.19. The van der Waals surface area contributed by atoms with Crippen LogP contribution in [0.3, 0.4) is 0 Å². The molecule has 0 aliphatic rings. The molecule has 0 aliphatic carbocycles. The minimum atomic E-state index is -0.152. The van der Waals surface area contributed by atoms with Crippen molar-refractivity contribution in [1.82, 2.24) is 4.90 Å². The number of nitrogens with two attached hydrogens (primary N) is 1. The first-order chi connectivity index (χ1) is 10.1. The fraction of sp³-hybridized carbons (Fsp3) is 0.188. The Bertz CT molecular complexity index is 597. The van der Waals surface area contributed by atoms with E-state index in [1.165, 1.54) is 0 Å². The molecule has 1 amide bonds. The van der Waals surface area contributed by atoms with Gasteiger partial charge < -0.3 is 15.7 Å². The molecule has 0 aliphatic heterocycles. The first-order valence-corrected chi connectivity index (χ1v) is 7.39. The van der Waals surface area contributed by atoms with E-state index in [4.69, 9.17) is 5.73 Å². The van der Waals surface area contributed by atoms with Gasteiger partial charge in [0, 0.05) is 28.8 Å². The predicted octanol–water partition coefficient (Wildman–Crippen LogP) is 2.67. The second-order valence-corrected chi connectivity index (χ2v) is 5.62.